The van der Waals surface area contributed by atoms with Crippen LogP contribution in [0.2, 0.25) is 0 Å². The summed E-state index contributed by atoms with van der Waals surface area (Å²) in [4.78, 5) is 8.20. The molecular formula is C12H11F3N4S. The molecule has 8 heteroatoms. The van der Waals surface area contributed by atoms with E-state index in [1.54, 1.807) is 13.3 Å². The molecule has 0 aliphatic rings. The van der Waals surface area contributed by atoms with Crippen LogP contribution in [0.5, 0.6) is 0 Å². The van der Waals surface area contributed by atoms with Crippen molar-refractivity contribution >= 4 is 29.1 Å². The highest BCUT2D eigenvalue weighted by Crippen LogP contribution is 2.25. The summed E-state index contributed by atoms with van der Waals surface area (Å²) in [5, 5.41) is 5.74. The summed E-state index contributed by atoms with van der Waals surface area (Å²) in [6.07, 6.45) is 1.78. The highest BCUT2D eigenvalue weighted by atomic mass is 32.2. The smallest absolute Gasteiger partial charge is 0.191 e. The fourth-order valence-corrected chi connectivity index (χ4v) is 1.88. The second kappa shape index (κ2) is 6.00. The van der Waals surface area contributed by atoms with Gasteiger partial charge in [0.2, 0.25) is 0 Å². The summed E-state index contributed by atoms with van der Waals surface area (Å²) in [5.74, 6) is -2.34. The molecule has 0 bridgehead atoms. The van der Waals surface area contributed by atoms with Gasteiger partial charge in [0, 0.05) is 25.2 Å². The molecule has 2 N–H and O–H groups in total. The highest BCUT2D eigenvalue weighted by Gasteiger charge is 2.13. The molecule has 20 heavy (non-hydrogen) atoms. The molecule has 106 valence electrons. The number of hydrogen-bond acceptors (Lipinski definition) is 5. The summed E-state index contributed by atoms with van der Waals surface area (Å²) < 4.78 is 39.9. The van der Waals surface area contributed by atoms with Crippen LogP contribution < -0.4 is 10.6 Å². The van der Waals surface area contributed by atoms with E-state index in [4.69, 9.17) is 0 Å². The van der Waals surface area contributed by atoms with Crippen molar-refractivity contribution in [2.24, 2.45) is 0 Å². The van der Waals surface area contributed by atoms with Gasteiger partial charge >= 0.3 is 0 Å². The molecule has 0 saturated carbocycles. The predicted molar refractivity (Wildman–Crippen MR) is 73.0 cm³/mol. The summed E-state index contributed by atoms with van der Waals surface area (Å²) >= 11 is 1.28. The van der Waals surface area contributed by atoms with E-state index >= 15 is 0 Å². The third-order valence-corrected chi connectivity index (χ3v) is 2.95. The van der Waals surface area contributed by atoms with Gasteiger partial charge < -0.3 is 10.6 Å². The van der Waals surface area contributed by atoms with Gasteiger partial charge in [0.25, 0.3) is 0 Å². The first-order valence-corrected chi connectivity index (χ1v) is 6.78. The van der Waals surface area contributed by atoms with Gasteiger partial charge in [-0.3, -0.25) is 0 Å². The zero-order chi connectivity index (χ0) is 14.7. The highest BCUT2D eigenvalue weighted by molar-refractivity contribution is 7.98. The van der Waals surface area contributed by atoms with Gasteiger partial charge in [-0.05, 0) is 6.26 Å². The molecule has 0 fully saturated rings. The van der Waals surface area contributed by atoms with Gasteiger partial charge in [-0.2, -0.15) is 0 Å². The van der Waals surface area contributed by atoms with Gasteiger partial charge in [-0.15, -0.1) is 0 Å². The number of anilines is 3. The number of hydrogen-bond donors (Lipinski definition) is 2. The fraction of sp³-hybridized carbons (Fsp3) is 0.167. The van der Waals surface area contributed by atoms with Crippen molar-refractivity contribution in [1.82, 2.24) is 9.97 Å². The molecule has 2 rings (SSSR count). The van der Waals surface area contributed by atoms with Crippen LogP contribution >= 0.6 is 11.8 Å². The molecule has 0 aliphatic carbocycles. The van der Waals surface area contributed by atoms with E-state index in [0.29, 0.717) is 23.1 Å². The normalized spacial score (nSPS) is 10.4. The van der Waals surface area contributed by atoms with Crippen LogP contribution in [-0.4, -0.2) is 23.3 Å². The van der Waals surface area contributed by atoms with Crippen molar-refractivity contribution in [3.05, 3.63) is 35.7 Å². The average Bonchev–Trinajstić information content (AvgIpc) is 2.42. The maximum absolute atomic E-state index is 13.6. The maximum atomic E-state index is 13.6. The first-order chi connectivity index (χ1) is 9.53. The Morgan fingerprint density at radius 3 is 2.15 bits per heavy atom. The van der Waals surface area contributed by atoms with Crippen LogP contribution in [0, 0.1) is 17.5 Å². The van der Waals surface area contributed by atoms with Gasteiger partial charge in [-0.25, -0.2) is 23.1 Å². The van der Waals surface area contributed by atoms with E-state index in [9.17, 15) is 13.2 Å². The summed E-state index contributed by atoms with van der Waals surface area (Å²) in [6.45, 7) is 0. The Hall–Kier alpha value is -1.96. The summed E-state index contributed by atoms with van der Waals surface area (Å²) in [7, 11) is 1.66. The number of halogens is 3. The minimum absolute atomic E-state index is 0.207. The molecule has 0 aliphatic heterocycles. The minimum atomic E-state index is -1.03. The molecule has 0 amide bonds. The van der Waals surface area contributed by atoms with Crippen molar-refractivity contribution in [2.45, 2.75) is 5.16 Å². The lowest BCUT2D eigenvalue weighted by Crippen LogP contribution is -2.03. The van der Waals surface area contributed by atoms with E-state index in [2.05, 4.69) is 20.6 Å². The number of benzene rings is 1. The number of nitrogens with one attached hydrogen (secondary N) is 2. The maximum Gasteiger partial charge on any atom is 0.191 e. The van der Waals surface area contributed by atoms with Crippen LogP contribution in [0.4, 0.5) is 30.5 Å². The summed E-state index contributed by atoms with van der Waals surface area (Å²) in [5.41, 5.74) is -0.459. The second-order valence-electron chi connectivity index (χ2n) is 3.74. The van der Waals surface area contributed by atoms with Gasteiger partial charge in [0.05, 0.1) is 0 Å². The number of aromatic nitrogens is 2. The van der Waals surface area contributed by atoms with E-state index in [0.717, 1.165) is 0 Å². The van der Waals surface area contributed by atoms with Crippen molar-refractivity contribution in [3.8, 4) is 0 Å². The molecule has 0 radical (unpaired) electrons. The third-order valence-electron chi connectivity index (χ3n) is 2.40. The molecule has 4 nitrogen and oxygen atoms in total. The molecule has 0 saturated heterocycles. The average molecular weight is 300 g/mol. The van der Waals surface area contributed by atoms with E-state index in [1.165, 1.54) is 17.8 Å². The molecular weight excluding hydrogens is 289 g/mol. The minimum Gasteiger partial charge on any atom is -0.373 e. The van der Waals surface area contributed by atoms with Crippen LogP contribution in [0.25, 0.3) is 0 Å². The monoisotopic (exact) mass is 300 g/mol. The van der Waals surface area contributed by atoms with Gasteiger partial charge in [0.1, 0.15) is 23.1 Å². The first-order valence-electron chi connectivity index (χ1n) is 5.56. The third kappa shape index (κ3) is 3.13. The van der Waals surface area contributed by atoms with E-state index < -0.39 is 23.1 Å². The zero-order valence-corrected chi connectivity index (χ0v) is 11.5. The topological polar surface area (TPSA) is 49.8 Å². The fourth-order valence-electron chi connectivity index (χ4n) is 1.50. The largest absolute Gasteiger partial charge is 0.373 e. The molecule has 0 atom stereocenters. The Morgan fingerprint density at radius 2 is 1.60 bits per heavy atom. The Balaban J connectivity index is 2.39. The molecule has 1 aromatic heterocycles. The lowest BCUT2D eigenvalue weighted by molar-refractivity contribution is 0.548. The Kier molecular flexibility index (Phi) is 4.33. The number of thioether (sulfide) groups is 1. The zero-order valence-electron chi connectivity index (χ0n) is 10.7. The molecule has 2 aromatic rings. The van der Waals surface area contributed by atoms with Crippen molar-refractivity contribution in [2.75, 3.05) is 23.9 Å². The van der Waals surface area contributed by atoms with Crippen LogP contribution in [0.15, 0.2) is 23.4 Å². The van der Waals surface area contributed by atoms with Crippen molar-refractivity contribution < 1.29 is 13.2 Å². The lowest BCUT2D eigenvalue weighted by Gasteiger charge is -2.10. The SMILES string of the molecule is CNc1cc(Nc2c(F)cc(F)cc2F)nc(SC)n1. The van der Waals surface area contributed by atoms with Crippen LogP contribution in [0.1, 0.15) is 0 Å². The first kappa shape index (κ1) is 14.4. The molecule has 0 unspecified atom stereocenters. The molecule has 0 spiro atoms. The van der Waals surface area contributed by atoms with Crippen LogP contribution in [-0.2, 0) is 0 Å². The van der Waals surface area contributed by atoms with Gasteiger partial charge in [0.15, 0.2) is 16.8 Å². The standard InChI is InChI=1S/C12H11F3N4S/c1-16-9-5-10(19-12(18-9)20-2)17-11-7(14)3-6(13)4-8(11)15/h3-5H,1-2H3,(H2,16,17,18,19). The number of nitrogens with zero attached hydrogens (tertiary/aromatic N) is 2. The van der Waals surface area contributed by atoms with E-state index in [-0.39, 0.29) is 5.82 Å². The predicted octanol–water partition coefficient (Wildman–Crippen LogP) is 3.40. The Bertz CT molecular complexity index is 591. The molecule has 1 aromatic carbocycles. The number of rotatable bonds is 4. The quantitative estimate of drug-likeness (QED) is 0.669. The van der Waals surface area contributed by atoms with E-state index in [1.807, 2.05) is 0 Å². The molecule has 1 heterocycles. The Labute approximate surface area is 117 Å². The Morgan fingerprint density at radius 1 is 1.00 bits per heavy atom. The van der Waals surface area contributed by atoms with Gasteiger partial charge in [-0.1, -0.05) is 11.8 Å². The van der Waals surface area contributed by atoms with Crippen molar-refractivity contribution in [1.29, 1.82) is 0 Å². The summed E-state index contributed by atoms with van der Waals surface area (Å²) in [6, 6.07) is 2.68. The van der Waals surface area contributed by atoms with Crippen LogP contribution in [0.3, 0.4) is 0 Å². The second-order valence-corrected chi connectivity index (χ2v) is 4.52. The van der Waals surface area contributed by atoms with Crippen molar-refractivity contribution in [3.63, 3.8) is 0 Å². The lowest BCUT2D eigenvalue weighted by atomic mass is 10.2.